The van der Waals surface area contributed by atoms with Crippen molar-refractivity contribution in [2.75, 3.05) is 13.6 Å². The van der Waals surface area contributed by atoms with Crippen molar-refractivity contribution >= 4 is 33.2 Å². The Kier molecular flexibility index (Phi) is 5.97. The van der Waals surface area contributed by atoms with Crippen LogP contribution in [0.15, 0.2) is 24.3 Å². The van der Waals surface area contributed by atoms with Gasteiger partial charge < -0.3 is 10.6 Å². The maximum Gasteiger partial charge on any atom is 0.261 e. The second kappa shape index (κ2) is 8.21. The average molecular weight is 373 g/mol. The number of rotatable bonds is 5. The molecule has 26 heavy (non-hydrogen) atoms. The molecule has 1 saturated carbocycles. The summed E-state index contributed by atoms with van der Waals surface area (Å²) in [4.78, 5) is 25.1. The SMILES string of the molecule is CNC(=O)c1sc2ccccc2c1C1CCC(CNC(=O)C(C)C)CC1. The van der Waals surface area contributed by atoms with Crippen molar-refractivity contribution in [2.24, 2.45) is 11.8 Å². The van der Waals surface area contributed by atoms with Crippen molar-refractivity contribution in [2.45, 2.75) is 45.4 Å². The highest BCUT2D eigenvalue weighted by molar-refractivity contribution is 7.21. The van der Waals surface area contributed by atoms with E-state index < -0.39 is 0 Å². The zero-order valence-corrected chi connectivity index (χ0v) is 16.6. The summed E-state index contributed by atoms with van der Waals surface area (Å²) in [6.07, 6.45) is 4.35. The molecule has 1 heterocycles. The Morgan fingerprint density at radius 3 is 2.50 bits per heavy atom. The molecule has 140 valence electrons. The summed E-state index contributed by atoms with van der Waals surface area (Å²) in [6, 6.07) is 8.33. The Bertz CT molecular complexity index is 788. The van der Waals surface area contributed by atoms with Crippen LogP contribution in [0.2, 0.25) is 0 Å². The van der Waals surface area contributed by atoms with E-state index >= 15 is 0 Å². The van der Waals surface area contributed by atoms with Crippen LogP contribution in [0, 0.1) is 11.8 Å². The van der Waals surface area contributed by atoms with Crippen molar-refractivity contribution in [1.29, 1.82) is 0 Å². The monoisotopic (exact) mass is 372 g/mol. The Morgan fingerprint density at radius 2 is 1.85 bits per heavy atom. The second-order valence-electron chi connectivity index (χ2n) is 7.54. The van der Waals surface area contributed by atoms with Crippen LogP contribution < -0.4 is 10.6 Å². The highest BCUT2D eigenvalue weighted by Gasteiger charge is 2.29. The maximum absolute atomic E-state index is 12.4. The van der Waals surface area contributed by atoms with Gasteiger partial charge in [0.2, 0.25) is 5.91 Å². The number of amides is 2. The van der Waals surface area contributed by atoms with Crippen molar-refractivity contribution < 1.29 is 9.59 Å². The number of benzene rings is 1. The van der Waals surface area contributed by atoms with Crippen molar-refractivity contribution in [3.05, 3.63) is 34.7 Å². The molecule has 0 radical (unpaired) electrons. The lowest BCUT2D eigenvalue weighted by Crippen LogP contribution is -2.33. The molecule has 0 aliphatic heterocycles. The van der Waals surface area contributed by atoms with E-state index in [2.05, 4.69) is 28.8 Å². The number of carbonyl (C=O) groups excluding carboxylic acids is 2. The third-order valence-electron chi connectivity index (χ3n) is 5.41. The molecule has 0 bridgehead atoms. The second-order valence-corrected chi connectivity index (χ2v) is 8.59. The average Bonchev–Trinajstić information content (AvgIpc) is 3.05. The Labute approximate surface area is 159 Å². The number of fused-ring (bicyclic) bond motifs is 1. The van der Waals surface area contributed by atoms with Gasteiger partial charge in [0.05, 0.1) is 4.88 Å². The largest absolute Gasteiger partial charge is 0.356 e. The smallest absolute Gasteiger partial charge is 0.261 e. The van der Waals surface area contributed by atoms with E-state index in [0.29, 0.717) is 11.8 Å². The van der Waals surface area contributed by atoms with Gasteiger partial charge in [0, 0.05) is 24.2 Å². The highest BCUT2D eigenvalue weighted by Crippen LogP contribution is 2.43. The number of nitrogens with one attached hydrogen (secondary N) is 2. The van der Waals surface area contributed by atoms with Gasteiger partial charge in [-0.3, -0.25) is 9.59 Å². The fourth-order valence-corrected chi connectivity index (χ4v) is 5.09. The maximum atomic E-state index is 12.4. The minimum absolute atomic E-state index is 0.0209. The molecular weight excluding hydrogens is 344 g/mol. The van der Waals surface area contributed by atoms with Crippen molar-refractivity contribution in [1.82, 2.24) is 10.6 Å². The van der Waals surface area contributed by atoms with E-state index in [0.717, 1.165) is 37.1 Å². The molecule has 1 aliphatic rings. The number of hydrogen-bond acceptors (Lipinski definition) is 3. The summed E-state index contributed by atoms with van der Waals surface area (Å²) in [5, 5.41) is 7.10. The summed E-state index contributed by atoms with van der Waals surface area (Å²) in [5.74, 6) is 1.17. The van der Waals surface area contributed by atoms with E-state index in [1.165, 1.54) is 15.6 Å². The predicted octanol–water partition coefficient (Wildman–Crippen LogP) is 4.31. The van der Waals surface area contributed by atoms with Gasteiger partial charge in [-0.25, -0.2) is 0 Å². The van der Waals surface area contributed by atoms with E-state index in [4.69, 9.17) is 0 Å². The molecule has 4 nitrogen and oxygen atoms in total. The van der Waals surface area contributed by atoms with Crippen LogP contribution in [-0.4, -0.2) is 25.4 Å². The first kappa shape index (κ1) is 18.9. The van der Waals surface area contributed by atoms with Gasteiger partial charge in [-0.05, 0) is 54.5 Å². The fraction of sp³-hybridized carbons (Fsp3) is 0.524. The molecule has 0 spiro atoms. The molecular formula is C21H28N2O2S. The number of hydrogen-bond donors (Lipinski definition) is 2. The lowest BCUT2D eigenvalue weighted by Gasteiger charge is -2.29. The quantitative estimate of drug-likeness (QED) is 0.822. The molecule has 0 unspecified atom stereocenters. The van der Waals surface area contributed by atoms with Gasteiger partial charge in [-0.15, -0.1) is 11.3 Å². The third-order valence-corrected chi connectivity index (χ3v) is 6.60. The molecule has 1 aromatic heterocycles. The number of thiophene rings is 1. The first-order valence-electron chi connectivity index (χ1n) is 9.52. The van der Waals surface area contributed by atoms with Crippen LogP contribution in [0.3, 0.4) is 0 Å². The van der Waals surface area contributed by atoms with Gasteiger partial charge >= 0.3 is 0 Å². The van der Waals surface area contributed by atoms with Gasteiger partial charge in [0.1, 0.15) is 0 Å². The highest BCUT2D eigenvalue weighted by atomic mass is 32.1. The Balaban J connectivity index is 1.73. The van der Waals surface area contributed by atoms with Crippen LogP contribution in [-0.2, 0) is 4.79 Å². The molecule has 1 fully saturated rings. The molecule has 2 N–H and O–H groups in total. The molecule has 2 aromatic rings. The standard InChI is InChI=1S/C21H28N2O2S/c1-13(2)20(24)23-12-14-8-10-15(11-9-14)18-16-6-4-5-7-17(16)26-19(18)21(25)22-3/h4-7,13-15H,8-12H2,1-3H3,(H,22,25)(H,23,24). The zero-order chi connectivity index (χ0) is 18.7. The normalized spacial score (nSPS) is 20.3. The van der Waals surface area contributed by atoms with Crippen LogP contribution in [0.1, 0.15) is 60.7 Å². The summed E-state index contributed by atoms with van der Waals surface area (Å²) in [5.41, 5.74) is 1.23. The first-order valence-corrected chi connectivity index (χ1v) is 10.3. The lowest BCUT2D eigenvalue weighted by atomic mass is 9.77. The molecule has 1 aliphatic carbocycles. The van der Waals surface area contributed by atoms with Gasteiger partial charge in [0.25, 0.3) is 5.91 Å². The van der Waals surface area contributed by atoms with E-state index in [1.807, 2.05) is 19.9 Å². The van der Waals surface area contributed by atoms with Gasteiger partial charge in [-0.2, -0.15) is 0 Å². The molecule has 0 atom stereocenters. The molecule has 1 aromatic carbocycles. The molecule has 3 rings (SSSR count). The molecule has 5 heteroatoms. The molecule has 0 saturated heterocycles. The van der Waals surface area contributed by atoms with Gasteiger partial charge in [-0.1, -0.05) is 32.0 Å². The van der Waals surface area contributed by atoms with Crippen LogP contribution in [0.5, 0.6) is 0 Å². The lowest BCUT2D eigenvalue weighted by molar-refractivity contribution is -0.124. The summed E-state index contributed by atoms with van der Waals surface area (Å²) < 4.78 is 1.19. The fourth-order valence-electron chi connectivity index (χ4n) is 3.86. The summed E-state index contributed by atoms with van der Waals surface area (Å²) >= 11 is 1.60. The molecule has 2 amide bonds. The minimum Gasteiger partial charge on any atom is -0.356 e. The van der Waals surface area contributed by atoms with Gasteiger partial charge in [0.15, 0.2) is 0 Å². The predicted molar refractivity (Wildman–Crippen MR) is 108 cm³/mol. The first-order chi connectivity index (χ1) is 12.5. The Hall–Kier alpha value is -1.88. The topological polar surface area (TPSA) is 58.2 Å². The Morgan fingerprint density at radius 1 is 1.15 bits per heavy atom. The number of carbonyl (C=O) groups is 2. The summed E-state index contributed by atoms with van der Waals surface area (Å²) in [7, 11) is 1.70. The van der Waals surface area contributed by atoms with Crippen LogP contribution in [0.4, 0.5) is 0 Å². The van der Waals surface area contributed by atoms with Crippen LogP contribution in [0.25, 0.3) is 10.1 Å². The van der Waals surface area contributed by atoms with Crippen molar-refractivity contribution in [3.8, 4) is 0 Å². The van der Waals surface area contributed by atoms with Crippen molar-refractivity contribution in [3.63, 3.8) is 0 Å². The van der Waals surface area contributed by atoms with E-state index in [-0.39, 0.29) is 17.7 Å². The summed E-state index contributed by atoms with van der Waals surface area (Å²) in [6.45, 7) is 4.62. The third kappa shape index (κ3) is 3.93. The minimum atomic E-state index is 0.0209. The zero-order valence-electron chi connectivity index (χ0n) is 15.8. The van der Waals surface area contributed by atoms with E-state index in [1.54, 1.807) is 18.4 Å². The van der Waals surface area contributed by atoms with Crippen LogP contribution >= 0.6 is 11.3 Å². The van der Waals surface area contributed by atoms with E-state index in [9.17, 15) is 9.59 Å².